The molecule has 1 fully saturated rings. The average Bonchev–Trinajstić information content (AvgIpc) is 3.45. The predicted molar refractivity (Wildman–Crippen MR) is 174 cm³/mol. The quantitative estimate of drug-likeness (QED) is 0.302. The molecule has 0 spiro atoms. The highest BCUT2D eigenvalue weighted by Gasteiger charge is 2.31. The number of hydrogen-bond donors (Lipinski definition) is 2. The van der Waals surface area contributed by atoms with Crippen molar-refractivity contribution in [3.63, 3.8) is 0 Å². The summed E-state index contributed by atoms with van der Waals surface area (Å²) in [6.45, 7) is 3.60. The van der Waals surface area contributed by atoms with Crippen LogP contribution in [0.5, 0.6) is 5.88 Å². The fourth-order valence-electron chi connectivity index (χ4n) is 6.41. The van der Waals surface area contributed by atoms with Gasteiger partial charge in [0.05, 0.1) is 23.5 Å². The Morgan fingerprint density at radius 2 is 1.76 bits per heavy atom. The number of anilines is 1. The number of nitrogens with zero attached hydrogens (tertiary/aromatic N) is 3. The Labute approximate surface area is 266 Å². The van der Waals surface area contributed by atoms with Crippen molar-refractivity contribution in [1.29, 1.82) is 0 Å². The zero-order valence-electron chi connectivity index (χ0n) is 25.8. The molecule has 1 atom stereocenters. The zero-order valence-corrected chi connectivity index (χ0v) is 26.5. The summed E-state index contributed by atoms with van der Waals surface area (Å²) in [6.07, 6.45) is 5.17. The molecular weight excluding hydrogens is 594 g/mol. The molecule has 2 aliphatic rings. The van der Waals surface area contributed by atoms with Gasteiger partial charge in [-0.1, -0.05) is 41.9 Å². The molecule has 1 amide bonds. The first-order valence-corrected chi connectivity index (χ1v) is 15.4. The van der Waals surface area contributed by atoms with Gasteiger partial charge in [-0.2, -0.15) is 0 Å². The van der Waals surface area contributed by atoms with Gasteiger partial charge in [-0.25, -0.2) is 9.78 Å². The van der Waals surface area contributed by atoms with Crippen molar-refractivity contribution >= 4 is 23.2 Å². The number of ether oxygens (including phenoxy) is 2. The standard InChI is InChI=1S/C34H36ClN5O5/c1-19-22(24-9-6-10-27(30(24)35)37-31(41)25-18-39(2)34(43)40(3)33(25)42)7-5-8-23(19)28-17-20-11-12-26(29(20)32(38-28)44-4)36-21-13-15-45-16-14-21/h5-10,17-18,21,26,36H,11-16H2,1-4H3,(H,37,41). The van der Waals surface area contributed by atoms with Gasteiger partial charge in [0.25, 0.3) is 11.5 Å². The minimum absolute atomic E-state index is 0.166. The SMILES string of the molecule is COc1nc(-c2cccc(-c3cccc(NC(=O)c4cn(C)c(=O)n(C)c4=O)c3Cl)c2C)cc2c1C(NC1CCOCC1)CC2. The third kappa shape index (κ3) is 5.81. The van der Waals surface area contributed by atoms with Gasteiger partial charge in [-0.3, -0.25) is 14.2 Å². The van der Waals surface area contributed by atoms with Gasteiger partial charge < -0.3 is 24.7 Å². The molecule has 234 valence electrons. The van der Waals surface area contributed by atoms with E-state index in [9.17, 15) is 14.4 Å². The number of hydrogen-bond acceptors (Lipinski definition) is 7. The molecule has 0 bridgehead atoms. The minimum Gasteiger partial charge on any atom is -0.481 e. The van der Waals surface area contributed by atoms with Crippen molar-refractivity contribution in [2.24, 2.45) is 14.1 Å². The Balaban J connectivity index is 1.32. The number of aromatic nitrogens is 3. The first-order valence-electron chi connectivity index (χ1n) is 15.1. The molecule has 0 radical (unpaired) electrons. The number of fused-ring (bicyclic) bond motifs is 1. The molecule has 1 saturated heterocycles. The highest BCUT2D eigenvalue weighted by atomic mass is 35.5. The van der Waals surface area contributed by atoms with E-state index in [0.29, 0.717) is 22.6 Å². The van der Waals surface area contributed by atoms with Crippen LogP contribution in [-0.2, 0) is 25.3 Å². The van der Waals surface area contributed by atoms with Crippen molar-refractivity contribution in [2.45, 2.75) is 44.7 Å². The molecule has 0 saturated carbocycles. The lowest BCUT2D eigenvalue weighted by atomic mass is 9.93. The van der Waals surface area contributed by atoms with Crippen LogP contribution in [0.1, 0.15) is 52.4 Å². The Kier molecular flexibility index (Phi) is 8.63. The second-order valence-corrected chi connectivity index (χ2v) is 12.0. The topological polar surface area (TPSA) is 116 Å². The number of nitrogens with one attached hydrogen (secondary N) is 2. The van der Waals surface area contributed by atoms with Gasteiger partial charge >= 0.3 is 5.69 Å². The van der Waals surface area contributed by atoms with Crippen LogP contribution >= 0.6 is 11.6 Å². The fourth-order valence-corrected chi connectivity index (χ4v) is 6.69. The van der Waals surface area contributed by atoms with Gasteiger partial charge in [0.2, 0.25) is 5.88 Å². The van der Waals surface area contributed by atoms with E-state index in [-0.39, 0.29) is 11.6 Å². The maximum atomic E-state index is 13.1. The molecule has 1 aliphatic carbocycles. The van der Waals surface area contributed by atoms with Crippen LogP contribution in [0.15, 0.2) is 58.3 Å². The number of carbonyl (C=O) groups is 1. The highest BCUT2D eigenvalue weighted by molar-refractivity contribution is 6.36. The van der Waals surface area contributed by atoms with E-state index in [2.05, 4.69) is 16.7 Å². The first-order chi connectivity index (χ1) is 21.7. The van der Waals surface area contributed by atoms with Crippen LogP contribution in [0.25, 0.3) is 22.4 Å². The molecule has 6 rings (SSSR count). The first kappa shape index (κ1) is 30.8. The van der Waals surface area contributed by atoms with Crippen LogP contribution in [-0.4, -0.2) is 46.4 Å². The molecule has 11 heteroatoms. The Bertz CT molecular complexity index is 1910. The summed E-state index contributed by atoms with van der Waals surface area (Å²) in [5.74, 6) is -0.0172. The van der Waals surface area contributed by atoms with E-state index in [1.165, 1.54) is 30.4 Å². The van der Waals surface area contributed by atoms with Gasteiger partial charge in [0.1, 0.15) is 5.56 Å². The smallest absolute Gasteiger partial charge is 0.330 e. The summed E-state index contributed by atoms with van der Waals surface area (Å²) in [4.78, 5) is 42.8. The van der Waals surface area contributed by atoms with Crippen LogP contribution < -0.4 is 26.6 Å². The summed E-state index contributed by atoms with van der Waals surface area (Å²) in [5, 5.41) is 6.90. The van der Waals surface area contributed by atoms with Gasteiger partial charge in [-0.05, 0) is 61.4 Å². The van der Waals surface area contributed by atoms with E-state index < -0.39 is 17.2 Å². The lowest BCUT2D eigenvalue weighted by molar-refractivity contribution is 0.0747. The van der Waals surface area contributed by atoms with Crippen molar-refractivity contribution < 1.29 is 14.3 Å². The van der Waals surface area contributed by atoms with Gasteiger partial charge in [-0.15, -0.1) is 0 Å². The number of pyridine rings is 1. The van der Waals surface area contributed by atoms with Crippen LogP contribution in [0.2, 0.25) is 5.02 Å². The number of rotatable bonds is 7. The van der Waals surface area contributed by atoms with Crippen LogP contribution in [0.3, 0.4) is 0 Å². The summed E-state index contributed by atoms with van der Waals surface area (Å²) >= 11 is 6.89. The maximum Gasteiger partial charge on any atom is 0.330 e. The minimum atomic E-state index is -0.686. The third-order valence-corrected chi connectivity index (χ3v) is 9.26. The number of halogens is 1. The lowest BCUT2D eigenvalue weighted by Gasteiger charge is -2.27. The van der Waals surface area contributed by atoms with Crippen molar-refractivity contribution in [3.05, 3.63) is 96.8 Å². The molecular formula is C34H36ClN5O5. The average molecular weight is 630 g/mol. The third-order valence-electron chi connectivity index (χ3n) is 8.85. The van der Waals surface area contributed by atoms with Crippen molar-refractivity contribution in [2.75, 3.05) is 25.6 Å². The highest BCUT2D eigenvalue weighted by Crippen LogP contribution is 2.42. The normalized spacial score (nSPS) is 16.4. The Hall–Kier alpha value is -4.25. The molecule has 2 aromatic carbocycles. The second kappa shape index (κ2) is 12.6. The van der Waals surface area contributed by atoms with E-state index in [1.807, 2.05) is 31.2 Å². The zero-order chi connectivity index (χ0) is 31.8. The van der Waals surface area contributed by atoms with E-state index in [4.69, 9.17) is 26.1 Å². The van der Waals surface area contributed by atoms with Crippen molar-refractivity contribution in [1.82, 2.24) is 19.4 Å². The lowest BCUT2D eigenvalue weighted by Crippen LogP contribution is -2.40. The molecule has 4 aromatic rings. The molecule has 2 N–H and O–H groups in total. The summed E-state index contributed by atoms with van der Waals surface area (Å²) in [7, 11) is 4.48. The molecule has 45 heavy (non-hydrogen) atoms. The largest absolute Gasteiger partial charge is 0.481 e. The number of amides is 1. The Morgan fingerprint density at radius 1 is 1.04 bits per heavy atom. The fraction of sp³-hybridized carbons (Fsp3) is 0.353. The molecule has 1 aliphatic heterocycles. The predicted octanol–water partition coefficient (Wildman–Crippen LogP) is 4.79. The maximum absolute atomic E-state index is 13.1. The van der Waals surface area contributed by atoms with Crippen LogP contribution in [0.4, 0.5) is 5.69 Å². The number of aryl methyl sites for hydroxylation is 2. The Morgan fingerprint density at radius 3 is 2.51 bits per heavy atom. The van der Waals surface area contributed by atoms with Crippen molar-refractivity contribution in [3.8, 4) is 28.3 Å². The van der Waals surface area contributed by atoms with E-state index >= 15 is 0 Å². The van der Waals surface area contributed by atoms with E-state index in [0.717, 1.165) is 77.0 Å². The molecule has 10 nitrogen and oxygen atoms in total. The summed E-state index contributed by atoms with van der Waals surface area (Å²) in [6, 6.07) is 14.1. The summed E-state index contributed by atoms with van der Waals surface area (Å²) < 4.78 is 13.5. The number of benzene rings is 2. The van der Waals surface area contributed by atoms with Gasteiger partial charge in [0.15, 0.2) is 0 Å². The van der Waals surface area contributed by atoms with E-state index in [1.54, 1.807) is 19.2 Å². The number of methoxy groups -OCH3 is 1. The molecule has 3 heterocycles. The van der Waals surface area contributed by atoms with Crippen LogP contribution in [0, 0.1) is 6.92 Å². The number of carbonyl (C=O) groups excluding carboxylic acids is 1. The van der Waals surface area contributed by atoms with Gasteiger partial charge in [0, 0.05) is 62.3 Å². The monoisotopic (exact) mass is 629 g/mol. The summed E-state index contributed by atoms with van der Waals surface area (Å²) in [5.41, 5.74) is 5.70. The molecule has 1 unspecified atom stereocenters. The second-order valence-electron chi connectivity index (χ2n) is 11.6. The molecule has 2 aromatic heterocycles.